The van der Waals surface area contributed by atoms with Crippen molar-refractivity contribution in [2.75, 3.05) is 25.7 Å². The van der Waals surface area contributed by atoms with E-state index in [1.165, 1.54) is 19.2 Å². The molecule has 2 unspecified atom stereocenters. The number of amides is 2. The molecule has 0 bridgehead atoms. The molecule has 1 aliphatic rings. The Morgan fingerprint density at radius 1 is 1.14 bits per heavy atom. The molecule has 0 radical (unpaired) electrons. The number of ether oxygens (including phenoxy) is 2. The number of hydrogen-bond donors (Lipinski definition) is 1. The van der Waals surface area contributed by atoms with Crippen molar-refractivity contribution in [1.29, 1.82) is 0 Å². The van der Waals surface area contributed by atoms with Crippen molar-refractivity contribution in [1.82, 2.24) is 5.32 Å². The summed E-state index contributed by atoms with van der Waals surface area (Å²) in [6.45, 7) is 2.12. The van der Waals surface area contributed by atoms with E-state index in [2.05, 4.69) is 5.32 Å². The molecule has 0 saturated carbocycles. The van der Waals surface area contributed by atoms with Crippen molar-refractivity contribution >= 4 is 17.5 Å². The van der Waals surface area contributed by atoms with Crippen LogP contribution in [-0.2, 0) is 9.59 Å². The molecule has 1 saturated heterocycles. The van der Waals surface area contributed by atoms with Gasteiger partial charge in [-0.05, 0) is 36.8 Å². The minimum atomic E-state index is -0.455. The highest BCUT2D eigenvalue weighted by molar-refractivity contribution is 6.00. The van der Waals surface area contributed by atoms with E-state index in [1.54, 1.807) is 42.3 Å². The molecule has 7 heteroatoms. The second-order valence-electron chi connectivity index (χ2n) is 6.73. The molecule has 0 aliphatic carbocycles. The van der Waals surface area contributed by atoms with Crippen LogP contribution < -0.4 is 19.7 Å². The van der Waals surface area contributed by atoms with Gasteiger partial charge in [-0.3, -0.25) is 9.59 Å². The van der Waals surface area contributed by atoms with E-state index in [-0.39, 0.29) is 36.6 Å². The summed E-state index contributed by atoms with van der Waals surface area (Å²) in [4.78, 5) is 26.7. The second-order valence-corrected chi connectivity index (χ2v) is 6.73. The third kappa shape index (κ3) is 4.08. The van der Waals surface area contributed by atoms with Crippen LogP contribution in [0.4, 0.5) is 10.1 Å². The lowest BCUT2D eigenvalue weighted by molar-refractivity contribution is -0.126. The van der Waals surface area contributed by atoms with Gasteiger partial charge in [0.2, 0.25) is 11.8 Å². The minimum absolute atomic E-state index is 0.123. The molecule has 3 rings (SSSR count). The first-order chi connectivity index (χ1) is 13.4. The van der Waals surface area contributed by atoms with Gasteiger partial charge in [0.1, 0.15) is 5.82 Å². The summed E-state index contributed by atoms with van der Waals surface area (Å²) in [7, 11) is 3.07. The van der Waals surface area contributed by atoms with Crippen LogP contribution in [-0.4, -0.2) is 32.6 Å². The van der Waals surface area contributed by atoms with Crippen molar-refractivity contribution < 1.29 is 23.5 Å². The average molecular weight is 386 g/mol. The van der Waals surface area contributed by atoms with Crippen molar-refractivity contribution in [3.8, 4) is 11.5 Å². The Labute approximate surface area is 163 Å². The fourth-order valence-electron chi connectivity index (χ4n) is 3.29. The lowest BCUT2D eigenvalue weighted by atomic mass is 10.0. The van der Waals surface area contributed by atoms with Crippen LogP contribution in [0.1, 0.15) is 24.9 Å². The van der Waals surface area contributed by atoms with Gasteiger partial charge in [-0.2, -0.15) is 0 Å². The molecule has 2 atom stereocenters. The lowest BCUT2D eigenvalue weighted by Gasteiger charge is -2.20. The monoisotopic (exact) mass is 386 g/mol. The van der Waals surface area contributed by atoms with Crippen molar-refractivity contribution in [2.45, 2.75) is 19.4 Å². The Balaban J connectivity index is 1.68. The molecule has 1 N–H and O–H groups in total. The van der Waals surface area contributed by atoms with E-state index in [4.69, 9.17) is 9.47 Å². The van der Waals surface area contributed by atoms with Gasteiger partial charge in [0, 0.05) is 24.7 Å². The summed E-state index contributed by atoms with van der Waals surface area (Å²) in [5.41, 5.74) is 1.46. The fourth-order valence-corrected chi connectivity index (χ4v) is 3.29. The van der Waals surface area contributed by atoms with E-state index < -0.39 is 5.92 Å². The van der Waals surface area contributed by atoms with Gasteiger partial charge in [-0.25, -0.2) is 4.39 Å². The van der Waals surface area contributed by atoms with Crippen LogP contribution in [0, 0.1) is 11.7 Å². The summed E-state index contributed by atoms with van der Waals surface area (Å²) in [5.74, 6) is -0.0152. The molecular weight excluding hydrogens is 363 g/mol. The summed E-state index contributed by atoms with van der Waals surface area (Å²) in [5, 5.41) is 2.91. The maximum absolute atomic E-state index is 13.1. The van der Waals surface area contributed by atoms with Gasteiger partial charge in [-0.1, -0.05) is 12.1 Å². The Kier molecular flexibility index (Phi) is 5.82. The SMILES string of the molecule is COc1ccc(N2CC(C(=O)NC(C)c3ccc(F)cc3)CC2=O)cc1OC. The van der Waals surface area contributed by atoms with Crippen LogP contribution in [0.15, 0.2) is 42.5 Å². The number of nitrogens with one attached hydrogen (secondary N) is 1. The molecule has 0 aromatic heterocycles. The van der Waals surface area contributed by atoms with Crippen molar-refractivity contribution in [2.24, 2.45) is 5.92 Å². The number of halogens is 1. The maximum Gasteiger partial charge on any atom is 0.227 e. The first kappa shape index (κ1) is 19.7. The zero-order valence-corrected chi connectivity index (χ0v) is 16.1. The molecule has 6 nitrogen and oxygen atoms in total. The van der Waals surface area contributed by atoms with Gasteiger partial charge >= 0.3 is 0 Å². The van der Waals surface area contributed by atoms with Crippen LogP contribution in [0.2, 0.25) is 0 Å². The first-order valence-corrected chi connectivity index (χ1v) is 9.01. The number of anilines is 1. The standard InChI is InChI=1S/C21H23FN2O4/c1-13(14-4-6-16(22)7-5-14)23-21(26)15-10-20(25)24(12-15)17-8-9-18(27-2)19(11-17)28-3/h4-9,11,13,15H,10,12H2,1-3H3,(H,23,26). The Morgan fingerprint density at radius 2 is 1.82 bits per heavy atom. The fraction of sp³-hybridized carbons (Fsp3) is 0.333. The smallest absolute Gasteiger partial charge is 0.227 e. The number of benzene rings is 2. The van der Waals surface area contributed by atoms with E-state index in [9.17, 15) is 14.0 Å². The van der Waals surface area contributed by atoms with Gasteiger partial charge in [0.25, 0.3) is 0 Å². The maximum atomic E-state index is 13.1. The van der Waals surface area contributed by atoms with Crippen LogP contribution in [0.5, 0.6) is 11.5 Å². The zero-order valence-electron chi connectivity index (χ0n) is 16.1. The van der Waals surface area contributed by atoms with E-state index in [1.807, 2.05) is 6.92 Å². The Hall–Kier alpha value is -3.09. The Morgan fingerprint density at radius 3 is 2.46 bits per heavy atom. The largest absolute Gasteiger partial charge is 0.493 e. The topological polar surface area (TPSA) is 67.9 Å². The first-order valence-electron chi connectivity index (χ1n) is 9.01. The van der Waals surface area contributed by atoms with Crippen LogP contribution >= 0.6 is 0 Å². The summed E-state index contributed by atoms with van der Waals surface area (Å²) in [6.07, 6.45) is 0.135. The minimum Gasteiger partial charge on any atom is -0.493 e. The van der Waals surface area contributed by atoms with E-state index in [0.29, 0.717) is 17.2 Å². The summed E-state index contributed by atoms with van der Waals surface area (Å²) < 4.78 is 23.6. The molecule has 2 aromatic carbocycles. The molecule has 148 valence electrons. The normalized spacial score (nSPS) is 17.4. The Bertz CT molecular complexity index is 869. The second kappa shape index (κ2) is 8.29. The number of nitrogens with zero attached hydrogens (tertiary/aromatic N) is 1. The molecule has 2 aromatic rings. The van der Waals surface area contributed by atoms with Gasteiger partial charge in [0.05, 0.1) is 26.2 Å². The number of rotatable bonds is 6. The van der Waals surface area contributed by atoms with Gasteiger partial charge in [-0.15, -0.1) is 0 Å². The predicted octanol–water partition coefficient (Wildman–Crippen LogP) is 3.07. The van der Waals surface area contributed by atoms with Crippen molar-refractivity contribution in [3.63, 3.8) is 0 Å². The summed E-state index contributed by atoms with van der Waals surface area (Å²) in [6, 6.07) is 10.9. The molecule has 1 heterocycles. The average Bonchev–Trinajstić information content (AvgIpc) is 3.09. The summed E-state index contributed by atoms with van der Waals surface area (Å²) >= 11 is 0. The van der Waals surface area contributed by atoms with Crippen molar-refractivity contribution in [3.05, 3.63) is 53.8 Å². The van der Waals surface area contributed by atoms with Gasteiger partial charge < -0.3 is 19.7 Å². The molecule has 2 amide bonds. The number of methoxy groups -OCH3 is 2. The lowest BCUT2D eigenvalue weighted by Crippen LogP contribution is -2.34. The van der Waals surface area contributed by atoms with Crippen LogP contribution in [0.3, 0.4) is 0 Å². The predicted molar refractivity (Wildman–Crippen MR) is 103 cm³/mol. The van der Waals surface area contributed by atoms with Gasteiger partial charge in [0.15, 0.2) is 11.5 Å². The highest BCUT2D eigenvalue weighted by atomic mass is 19.1. The third-order valence-electron chi connectivity index (χ3n) is 4.90. The zero-order chi connectivity index (χ0) is 20.3. The molecular formula is C21H23FN2O4. The molecule has 1 fully saturated rings. The highest BCUT2D eigenvalue weighted by Gasteiger charge is 2.35. The van der Waals surface area contributed by atoms with E-state index in [0.717, 1.165) is 5.56 Å². The highest BCUT2D eigenvalue weighted by Crippen LogP contribution is 2.34. The number of hydrogen-bond acceptors (Lipinski definition) is 4. The quantitative estimate of drug-likeness (QED) is 0.829. The molecule has 0 spiro atoms. The number of carbonyl (C=O) groups is 2. The number of carbonyl (C=O) groups excluding carboxylic acids is 2. The van der Waals surface area contributed by atoms with Crippen LogP contribution in [0.25, 0.3) is 0 Å². The van der Waals surface area contributed by atoms with E-state index >= 15 is 0 Å². The molecule has 1 aliphatic heterocycles. The molecule has 28 heavy (non-hydrogen) atoms. The third-order valence-corrected chi connectivity index (χ3v) is 4.90.